The number of aliphatic carboxylic acids is 1. The van der Waals surface area contributed by atoms with Gasteiger partial charge in [-0.05, 0) is 25.5 Å². The van der Waals surface area contributed by atoms with Crippen molar-refractivity contribution in [2.24, 2.45) is 5.92 Å². The molecule has 2 aromatic rings. The number of hydrogen-bond donors (Lipinski definition) is 2. The molecular weight excluding hydrogens is 306 g/mol. The number of hydrogen-bond acceptors (Lipinski definition) is 3. The Balaban J connectivity index is 2.29. The molecule has 0 radical (unpaired) electrons. The van der Waals surface area contributed by atoms with Crippen molar-refractivity contribution in [3.63, 3.8) is 0 Å². The van der Waals surface area contributed by atoms with Crippen LogP contribution in [0.2, 0.25) is 0 Å². The molecule has 0 bridgehead atoms. The van der Waals surface area contributed by atoms with E-state index >= 15 is 0 Å². The van der Waals surface area contributed by atoms with Crippen molar-refractivity contribution >= 4 is 11.9 Å². The van der Waals surface area contributed by atoms with E-state index in [4.69, 9.17) is 4.42 Å². The smallest absolute Gasteiger partial charge is 0.308 e. The van der Waals surface area contributed by atoms with Crippen LogP contribution < -0.4 is 5.32 Å². The zero-order valence-corrected chi connectivity index (χ0v) is 14.4. The van der Waals surface area contributed by atoms with Crippen LogP contribution in [-0.4, -0.2) is 17.0 Å². The number of carboxylic acid groups (broad SMARTS) is 1. The second-order valence-electron chi connectivity index (χ2n) is 6.26. The first kappa shape index (κ1) is 17.8. The highest BCUT2D eigenvalue weighted by Gasteiger charge is 2.28. The predicted octanol–water partition coefficient (Wildman–Crippen LogP) is 3.90. The Bertz CT molecular complexity index is 718. The molecule has 1 aromatic carbocycles. The van der Waals surface area contributed by atoms with Crippen molar-refractivity contribution in [3.05, 3.63) is 59.0 Å². The Morgan fingerprint density at radius 1 is 1.12 bits per heavy atom. The van der Waals surface area contributed by atoms with Gasteiger partial charge in [0.05, 0.1) is 17.5 Å². The second-order valence-corrected chi connectivity index (χ2v) is 6.26. The minimum absolute atomic E-state index is 0.174. The highest BCUT2D eigenvalue weighted by molar-refractivity contribution is 5.95. The number of carboxylic acids is 1. The minimum Gasteiger partial charge on any atom is -0.481 e. The highest BCUT2D eigenvalue weighted by atomic mass is 16.4. The number of nitrogens with one attached hydrogen (secondary N) is 1. The first-order chi connectivity index (χ1) is 11.3. The van der Waals surface area contributed by atoms with Gasteiger partial charge in [0, 0.05) is 5.92 Å². The third-order valence-electron chi connectivity index (χ3n) is 4.09. The van der Waals surface area contributed by atoms with Crippen LogP contribution in [0, 0.1) is 12.8 Å². The van der Waals surface area contributed by atoms with Gasteiger partial charge < -0.3 is 14.8 Å². The summed E-state index contributed by atoms with van der Waals surface area (Å²) in [5.74, 6) is -0.603. The maximum absolute atomic E-state index is 12.6. The quantitative estimate of drug-likeness (QED) is 0.842. The molecule has 2 atom stereocenters. The topological polar surface area (TPSA) is 79.5 Å². The Hall–Kier alpha value is -2.56. The van der Waals surface area contributed by atoms with Crippen LogP contribution in [-0.2, 0) is 4.79 Å². The molecule has 2 unspecified atom stereocenters. The summed E-state index contributed by atoms with van der Waals surface area (Å²) in [6.45, 7) is 7.29. The molecule has 2 N–H and O–H groups in total. The van der Waals surface area contributed by atoms with E-state index in [0.717, 1.165) is 11.3 Å². The van der Waals surface area contributed by atoms with Gasteiger partial charge in [-0.3, -0.25) is 9.59 Å². The van der Waals surface area contributed by atoms with E-state index in [1.54, 1.807) is 19.9 Å². The van der Waals surface area contributed by atoms with Crippen molar-refractivity contribution in [2.75, 3.05) is 0 Å². The van der Waals surface area contributed by atoms with Gasteiger partial charge in [-0.25, -0.2) is 0 Å². The number of carbonyl (C=O) groups is 2. The number of aryl methyl sites for hydroxylation is 1. The van der Waals surface area contributed by atoms with Crippen LogP contribution in [0.5, 0.6) is 0 Å². The first-order valence-electron chi connectivity index (χ1n) is 8.00. The predicted molar refractivity (Wildman–Crippen MR) is 91.0 cm³/mol. The summed E-state index contributed by atoms with van der Waals surface area (Å²) in [4.78, 5) is 24.1. The fraction of sp³-hybridized carbons (Fsp3) is 0.368. The maximum atomic E-state index is 12.6. The molecular formula is C19H23NO4. The van der Waals surface area contributed by atoms with E-state index in [2.05, 4.69) is 5.32 Å². The van der Waals surface area contributed by atoms with Crippen LogP contribution >= 0.6 is 0 Å². The number of furan rings is 1. The highest BCUT2D eigenvalue weighted by Crippen LogP contribution is 2.25. The largest absolute Gasteiger partial charge is 0.481 e. The molecule has 1 aromatic heterocycles. The molecule has 0 aliphatic carbocycles. The Morgan fingerprint density at radius 2 is 1.75 bits per heavy atom. The molecule has 1 amide bonds. The SMILES string of the molecule is Cc1oc(C(C)C)cc1C(=O)NC(c1ccccc1)C(C)C(=O)O. The van der Waals surface area contributed by atoms with Gasteiger partial charge in [0.15, 0.2) is 0 Å². The normalized spacial score (nSPS) is 13.5. The molecule has 0 fully saturated rings. The van der Waals surface area contributed by atoms with Crippen molar-refractivity contribution in [2.45, 2.75) is 39.7 Å². The zero-order valence-electron chi connectivity index (χ0n) is 14.4. The van der Waals surface area contributed by atoms with Crippen LogP contribution in [0.4, 0.5) is 0 Å². The van der Waals surface area contributed by atoms with Crippen molar-refractivity contribution in [1.82, 2.24) is 5.32 Å². The summed E-state index contributed by atoms with van der Waals surface area (Å²) in [5, 5.41) is 12.2. The molecule has 1 heterocycles. The van der Waals surface area contributed by atoms with Gasteiger partial charge in [-0.15, -0.1) is 0 Å². The van der Waals surface area contributed by atoms with Crippen LogP contribution in [0.25, 0.3) is 0 Å². The van der Waals surface area contributed by atoms with Crippen LogP contribution in [0.15, 0.2) is 40.8 Å². The van der Waals surface area contributed by atoms with E-state index in [1.165, 1.54) is 0 Å². The minimum atomic E-state index is -0.962. The summed E-state index contributed by atoms with van der Waals surface area (Å²) in [6, 6.07) is 10.2. The van der Waals surface area contributed by atoms with Crippen molar-refractivity contribution in [3.8, 4) is 0 Å². The lowest BCUT2D eigenvalue weighted by atomic mass is 9.94. The third-order valence-corrected chi connectivity index (χ3v) is 4.09. The van der Waals surface area contributed by atoms with E-state index in [9.17, 15) is 14.7 Å². The standard InChI is InChI=1S/C19H23NO4/c1-11(2)16-10-15(13(4)24-16)18(21)20-17(12(3)19(22)23)14-8-6-5-7-9-14/h5-12,17H,1-4H3,(H,20,21)(H,22,23). The van der Waals surface area contributed by atoms with Gasteiger partial charge in [-0.2, -0.15) is 0 Å². The Kier molecular flexibility index (Phi) is 5.44. The number of benzene rings is 1. The molecule has 5 nitrogen and oxygen atoms in total. The van der Waals surface area contributed by atoms with Crippen LogP contribution in [0.3, 0.4) is 0 Å². The Labute approximate surface area is 141 Å². The van der Waals surface area contributed by atoms with Gasteiger partial charge in [-0.1, -0.05) is 44.2 Å². The zero-order chi connectivity index (χ0) is 17.9. The molecule has 0 saturated carbocycles. The molecule has 2 rings (SSSR count). The number of carbonyl (C=O) groups excluding carboxylic acids is 1. The molecule has 24 heavy (non-hydrogen) atoms. The lowest BCUT2D eigenvalue weighted by molar-refractivity contribution is -0.142. The molecule has 0 saturated heterocycles. The average Bonchev–Trinajstić information content (AvgIpc) is 2.94. The van der Waals surface area contributed by atoms with E-state index in [1.807, 2.05) is 44.2 Å². The average molecular weight is 329 g/mol. The number of amides is 1. The monoisotopic (exact) mass is 329 g/mol. The van der Waals surface area contributed by atoms with Crippen molar-refractivity contribution in [1.29, 1.82) is 0 Å². The van der Waals surface area contributed by atoms with E-state index in [-0.39, 0.29) is 11.8 Å². The van der Waals surface area contributed by atoms with Gasteiger partial charge in [0.25, 0.3) is 5.91 Å². The lowest BCUT2D eigenvalue weighted by Crippen LogP contribution is -2.35. The number of rotatable bonds is 6. The summed E-state index contributed by atoms with van der Waals surface area (Å²) >= 11 is 0. The fourth-order valence-electron chi connectivity index (χ4n) is 2.53. The van der Waals surface area contributed by atoms with Crippen molar-refractivity contribution < 1.29 is 19.1 Å². The third kappa shape index (κ3) is 3.85. The van der Waals surface area contributed by atoms with Crippen LogP contribution in [0.1, 0.15) is 60.2 Å². The lowest BCUT2D eigenvalue weighted by Gasteiger charge is -2.22. The fourth-order valence-corrected chi connectivity index (χ4v) is 2.53. The first-order valence-corrected chi connectivity index (χ1v) is 8.00. The molecule has 0 aliphatic heterocycles. The summed E-state index contributed by atoms with van der Waals surface area (Å²) < 4.78 is 5.62. The van der Waals surface area contributed by atoms with Gasteiger partial charge in [0.1, 0.15) is 11.5 Å². The molecule has 0 aliphatic rings. The van der Waals surface area contributed by atoms with E-state index < -0.39 is 17.9 Å². The Morgan fingerprint density at radius 3 is 2.25 bits per heavy atom. The van der Waals surface area contributed by atoms with Gasteiger partial charge >= 0.3 is 5.97 Å². The molecule has 0 spiro atoms. The molecule has 5 heteroatoms. The summed E-state index contributed by atoms with van der Waals surface area (Å²) in [7, 11) is 0. The second kappa shape index (κ2) is 7.34. The summed E-state index contributed by atoms with van der Waals surface area (Å²) in [6.07, 6.45) is 0. The molecule has 128 valence electrons. The summed E-state index contributed by atoms with van der Waals surface area (Å²) in [5.41, 5.74) is 1.20. The van der Waals surface area contributed by atoms with E-state index in [0.29, 0.717) is 11.3 Å². The maximum Gasteiger partial charge on any atom is 0.308 e. The van der Waals surface area contributed by atoms with Gasteiger partial charge in [0.2, 0.25) is 0 Å².